The lowest BCUT2D eigenvalue weighted by Gasteiger charge is -2.24. The van der Waals surface area contributed by atoms with Gasteiger partial charge in [-0.25, -0.2) is 0 Å². The molecule has 0 saturated carbocycles. The molecule has 0 bridgehead atoms. The minimum absolute atomic E-state index is 0.290. The number of likely N-dealkylation sites (tertiary alicyclic amines) is 1. The summed E-state index contributed by atoms with van der Waals surface area (Å²) in [5.74, 6) is 0.290. The molecule has 2 heterocycles. The number of amides is 1. The van der Waals surface area contributed by atoms with Gasteiger partial charge >= 0.3 is 0 Å². The average Bonchev–Trinajstić information content (AvgIpc) is 2.93. The maximum atomic E-state index is 11.8. The number of nitrogens with one attached hydrogen (secondary N) is 1. The lowest BCUT2D eigenvalue weighted by Crippen LogP contribution is -2.36. The van der Waals surface area contributed by atoms with E-state index in [0.29, 0.717) is 18.4 Å². The van der Waals surface area contributed by atoms with Crippen molar-refractivity contribution in [1.29, 1.82) is 0 Å². The van der Waals surface area contributed by atoms with Gasteiger partial charge in [0.25, 0.3) is 0 Å². The lowest BCUT2D eigenvalue weighted by atomic mass is 10.1. The van der Waals surface area contributed by atoms with Gasteiger partial charge in [-0.1, -0.05) is 24.3 Å². The SMILES string of the molecule is O=C1CCCN1Cc1ccccc1CN[C@H]1CCCOC1. The van der Waals surface area contributed by atoms with Gasteiger partial charge in [-0.2, -0.15) is 0 Å². The molecule has 1 aromatic rings. The number of hydrogen-bond donors (Lipinski definition) is 1. The highest BCUT2D eigenvalue weighted by Crippen LogP contribution is 2.17. The maximum Gasteiger partial charge on any atom is 0.222 e. The van der Waals surface area contributed by atoms with Crippen LogP contribution < -0.4 is 5.32 Å². The Morgan fingerprint density at radius 3 is 2.81 bits per heavy atom. The molecule has 1 atom stereocenters. The molecule has 1 amide bonds. The second-order valence-corrected chi connectivity index (χ2v) is 5.98. The molecule has 1 N–H and O–H groups in total. The Hall–Kier alpha value is -1.39. The van der Waals surface area contributed by atoms with Crippen molar-refractivity contribution < 1.29 is 9.53 Å². The van der Waals surface area contributed by atoms with E-state index >= 15 is 0 Å². The number of hydrogen-bond acceptors (Lipinski definition) is 3. The summed E-state index contributed by atoms with van der Waals surface area (Å²) in [7, 11) is 0. The van der Waals surface area contributed by atoms with Crippen LogP contribution in [0.1, 0.15) is 36.8 Å². The molecule has 1 aromatic carbocycles. The third-order valence-electron chi connectivity index (χ3n) is 4.39. The molecule has 2 fully saturated rings. The number of carbonyl (C=O) groups is 1. The van der Waals surface area contributed by atoms with Gasteiger partial charge < -0.3 is 15.0 Å². The van der Waals surface area contributed by atoms with Crippen molar-refractivity contribution in [3.05, 3.63) is 35.4 Å². The molecule has 2 aliphatic rings. The minimum Gasteiger partial charge on any atom is -0.380 e. The predicted molar refractivity (Wildman–Crippen MR) is 81.8 cm³/mol. The molecule has 0 spiro atoms. The molecule has 2 aliphatic heterocycles. The smallest absolute Gasteiger partial charge is 0.222 e. The maximum absolute atomic E-state index is 11.8. The van der Waals surface area contributed by atoms with Crippen molar-refractivity contribution in [3.63, 3.8) is 0 Å². The van der Waals surface area contributed by atoms with E-state index in [9.17, 15) is 4.79 Å². The lowest BCUT2D eigenvalue weighted by molar-refractivity contribution is -0.128. The molecule has 0 aromatic heterocycles. The van der Waals surface area contributed by atoms with Crippen LogP contribution >= 0.6 is 0 Å². The van der Waals surface area contributed by atoms with Gasteiger partial charge in [0.2, 0.25) is 5.91 Å². The number of ether oxygens (including phenoxy) is 1. The summed E-state index contributed by atoms with van der Waals surface area (Å²) in [5.41, 5.74) is 2.56. The van der Waals surface area contributed by atoms with Crippen LogP contribution in [0.4, 0.5) is 0 Å². The molecule has 4 heteroatoms. The zero-order valence-electron chi connectivity index (χ0n) is 12.5. The van der Waals surface area contributed by atoms with Crippen LogP contribution in [0, 0.1) is 0 Å². The van der Waals surface area contributed by atoms with E-state index in [0.717, 1.165) is 45.7 Å². The number of carbonyl (C=O) groups excluding carboxylic acids is 1. The summed E-state index contributed by atoms with van der Waals surface area (Å²) >= 11 is 0. The summed E-state index contributed by atoms with van der Waals surface area (Å²) in [5, 5.41) is 3.59. The largest absolute Gasteiger partial charge is 0.380 e. The van der Waals surface area contributed by atoms with Crippen molar-refractivity contribution in [2.75, 3.05) is 19.8 Å². The number of rotatable bonds is 5. The molecular formula is C17H24N2O2. The predicted octanol–water partition coefficient (Wildman–Crippen LogP) is 2.08. The van der Waals surface area contributed by atoms with Crippen molar-refractivity contribution in [2.24, 2.45) is 0 Å². The summed E-state index contributed by atoms with van der Waals surface area (Å²) in [4.78, 5) is 13.8. The normalized spacial score (nSPS) is 22.8. The van der Waals surface area contributed by atoms with Crippen LogP contribution in [-0.2, 0) is 22.6 Å². The number of benzene rings is 1. The van der Waals surface area contributed by atoms with Gasteiger partial charge in [-0.15, -0.1) is 0 Å². The van der Waals surface area contributed by atoms with E-state index in [1.54, 1.807) is 0 Å². The summed E-state index contributed by atoms with van der Waals surface area (Å²) in [6.07, 6.45) is 4.03. The molecule has 3 rings (SSSR count). The standard InChI is InChI=1S/C17H24N2O2/c20-17-8-3-9-19(17)12-15-6-2-1-5-14(15)11-18-16-7-4-10-21-13-16/h1-2,5-6,16,18H,3-4,7-13H2/t16-/m0/s1. The molecule has 114 valence electrons. The van der Waals surface area contributed by atoms with Crippen LogP contribution in [0.5, 0.6) is 0 Å². The number of nitrogens with zero attached hydrogens (tertiary/aromatic N) is 1. The molecule has 0 unspecified atom stereocenters. The quantitative estimate of drug-likeness (QED) is 0.902. The fraction of sp³-hybridized carbons (Fsp3) is 0.588. The highest BCUT2D eigenvalue weighted by molar-refractivity contribution is 5.78. The van der Waals surface area contributed by atoms with Crippen LogP contribution in [0.25, 0.3) is 0 Å². The zero-order chi connectivity index (χ0) is 14.5. The van der Waals surface area contributed by atoms with Crippen LogP contribution in [0.15, 0.2) is 24.3 Å². The summed E-state index contributed by atoms with van der Waals surface area (Å²) in [6.45, 7) is 4.21. The minimum atomic E-state index is 0.290. The van der Waals surface area contributed by atoms with E-state index in [-0.39, 0.29) is 0 Å². The molecular weight excluding hydrogens is 264 g/mol. The monoisotopic (exact) mass is 288 g/mol. The second-order valence-electron chi connectivity index (χ2n) is 5.98. The highest BCUT2D eigenvalue weighted by Gasteiger charge is 2.21. The van der Waals surface area contributed by atoms with Gasteiger partial charge in [0.1, 0.15) is 0 Å². The van der Waals surface area contributed by atoms with Crippen molar-refractivity contribution in [2.45, 2.75) is 44.8 Å². The Morgan fingerprint density at radius 1 is 1.24 bits per heavy atom. The van der Waals surface area contributed by atoms with E-state index in [4.69, 9.17) is 4.74 Å². The Kier molecular flexibility index (Phi) is 4.88. The van der Waals surface area contributed by atoms with Gasteiger partial charge in [-0.05, 0) is 30.4 Å². The van der Waals surface area contributed by atoms with Crippen LogP contribution in [-0.4, -0.2) is 36.6 Å². The first-order valence-corrected chi connectivity index (χ1v) is 7.98. The van der Waals surface area contributed by atoms with Crippen molar-refractivity contribution in [1.82, 2.24) is 10.2 Å². The Morgan fingerprint density at radius 2 is 2.10 bits per heavy atom. The topological polar surface area (TPSA) is 41.6 Å². The van der Waals surface area contributed by atoms with E-state index in [2.05, 4.69) is 29.6 Å². The van der Waals surface area contributed by atoms with Crippen LogP contribution in [0.3, 0.4) is 0 Å². The summed E-state index contributed by atoms with van der Waals surface area (Å²) in [6, 6.07) is 8.89. The molecule has 21 heavy (non-hydrogen) atoms. The third-order valence-corrected chi connectivity index (χ3v) is 4.39. The Bertz CT molecular complexity index is 483. The molecule has 4 nitrogen and oxygen atoms in total. The van der Waals surface area contributed by atoms with Gasteiger partial charge in [0.15, 0.2) is 0 Å². The second kappa shape index (κ2) is 7.05. The molecule has 2 saturated heterocycles. The van der Waals surface area contributed by atoms with E-state index in [1.807, 2.05) is 4.90 Å². The van der Waals surface area contributed by atoms with Crippen LogP contribution in [0.2, 0.25) is 0 Å². The third kappa shape index (κ3) is 3.83. The van der Waals surface area contributed by atoms with Crippen molar-refractivity contribution in [3.8, 4) is 0 Å². The molecule has 0 radical (unpaired) electrons. The Labute approximate surface area is 126 Å². The first-order chi connectivity index (χ1) is 10.3. The average molecular weight is 288 g/mol. The van der Waals surface area contributed by atoms with Gasteiger partial charge in [0, 0.05) is 38.7 Å². The van der Waals surface area contributed by atoms with E-state index < -0.39 is 0 Å². The highest BCUT2D eigenvalue weighted by atomic mass is 16.5. The first kappa shape index (κ1) is 14.5. The fourth-order valence-corrected chi connectivity index (χ4v) is 3.12. The van der Waals surface area contributed by atoms with E-state index in [1.165, 1.54) is 17.5 Å². The first-order valence-electron chi connectivity index (χ1n) is 7.98. The zero-order valence-corrected chi connectivity index (χ0v) is 12.5. The molecule has 0 aliphatic carbocycles. The van der Waals surface area contributed by atoms with Gasteiger partial charge in [0.05, 0.1) is 6.61 Å². The van der Waals surface area contributed by atoms with Crippen molar-refractivity contribution >= 4 is 5.91 Å². The fourth-order valence-electron chi connectivity index (χ4n) is 3.12. The van der Waals surface area contributed by atoms with Gasteiger partial charge in [-0.3, -0.25) is 4.79 Å². The summed E-state index contributed by atoms with van der Waals surface area (Å²) < 4.78 is 5.51. The Balaban J connectivity index is 1.60.